The highest BCUT2D eigenvalue weighted by atomic mass is 32.2. The predicted octanol–water partition coefficient (Wildman–Crippen LogP) is 4.52. The zero-order valence-electron chi connectivity index (χ0n) is 16.0. The summed E-state index contributed by atoms with van der Waals surface area (Å²) >= 11 is 1.99. The van der Waals surface area contributed by atoms with Crippen LogP contribution in [-0.2, 0) is 6.54 Å². The summed E-state index contributed by atoms with van der Waals surface area (Å²) in [7, 11) is 0. The Balaban J connectivity index is 1.69. The van der Waals surface area contributed by atoms with Crippen molar-refractivity contribution in [2.45, 2.75) is 13.5 Å². The Hall–Kier alpha value is -2.31. The standard InChI is InChI=1S/C22H24FN3OS/c1-2-26(18-8-6-17(23)7-9-18)22(27)19-4-3-5-20-21(19)16(14-24-20)15-25-10-12-28-13-11-25/h3-9,14,24H,2,10-13,15H2,1H3. The van der Waals surface area contributed by atoms with Gasteiger partial charge >= 0.3 is 0 Å². The molecule has 0 spiro atoms. The van der Waals surface area contributed by atoms with Crippen molar-refractivity contribution in [3.8, 4) is 0 Å². The summed E-state index contributed by atoms with van der Waals surface area (Å²) in [4.78, 5) is 20.9. The van der Waals surface area contributed by atoms with Crippen LogP contribution in [-0.4, -0.2) is 46.9 Å². The van der Waals surface area contributed by atoms with E-state index >= 15 is 0 Å². The normalized spacial score (nSPS) is 15.1. The van der Waals surface area contributed by atoms with Gasteiger partial charge in [0.15, 0.2) is 0 Å². The van der Waals surface area contributed by atoms with Crippen molar-refractivity contribution < 1.29 is 9.18 Å². The third kappa shape index (κ3) is 3.80. The molecule has 146 valence electrons. The van der Waals surface area contributed by atoms with Gasteiger partial charge in [-0.1, -0.05) is 6.07 Å². The molecule has 6 heteroatoms. The number of aromatic nitrogens is 1. The fraction of sp³-hybridized carbons (Fsp3) is 0.318. The minimum Gasteiger partial charge on any atom is -0.361 e. The molecule has 0 saturated carbocycles. The van der Waals surface area contributed by atoms with E-state index < -0.39 is 0 Å². The SMILES string of the molecule is CCN(C(=O)c1cccc2[nH]cc(CN3CCSCC3)c12)c1ccc(F)cc1. The minimum atomic E-state index is -0.304. The maximum Gasteiger partial charge on any atom is 0.258 e. The number of hydrogen-bond acceptors (Lipinski definition) is 3. The number of carbonyl (C=O) groups excluding carboxylic acids is 1. The zero-order valence-corrected chi connectivity index (χ0v) is 16.8. The molecule has 28 heavy (non-hydrogen) atoms. The number of halogens is 1. The van der Waals surface area contributed by atoms with E-state index in [1.54, 1.807) is 17.0 Å². The third-order valence-corrected chi connectivity index (χ3v) is 6.16. The van der Waals surface area contributed by atoms with Gasteiger partial charge in [-0.25, -0.2) is 4.39 Å². The lowest BCUT2D eigenvalue weighted by Gasteiger charge is -2.26. The topological polar surface area (TPSA) is 39.3 Å². The Morgan fingerprint density at radius 2 is 1.93 bits per heavy atom. The van der Waals surface area contributed by atoms with Crippen molar-refractivity contribution >= 4 is 34.3 Å². The molecule has 0 bridgehead atoms. The molecule has 0 aliphatic carbocycles. The van der Waals surface area contributed by atoms with Gasteiger partial charge in [0.1, 0.15) is 5.82 Å². The first-order valence-corrected chi connectivity index (χ1v) is 10.8. The average Bonchev–Trinajstić information content (AvgIpc) is 3.13. The summed E-state index contributed by atoms with van der Waals surface area (Å²) in [5.41, 5.74) is 3.52. The Morgan fingerprint density at radius 3 is 2.64 bits per heavy atom. The molecule has 1 aliphatic rings. The molecule has 1 fully saturated rings. The van der Waals surface area contributed by atoms with E-state index in [9.17, 15) is 9.18 Å². The second kappa shape index (κ2) is 8.37. The van der Waals surface area contributed by atoms with Crippen LogP contribution in [0.4, 0.5) is 10.1 Å². The summed E-state index contributed by atoms with van der Waals surface area (Å²) in [6.45, 7) is 5.44. The molecule has 0 unspecified atom stereocenters. The summed E-state index contributed by atoms with van der Waals surface area (Å²) in [6.07, 6.45) is 2.03. The first-order valence-electron chi connectivity index (χ1n) is 9.64. The number of carbonyl (C=O) groups is 1. The number of aromatic amines is 1. The van der Waals surface area contributed by atoms with Crippen LogP contribution in [0.3, 0.4) is 0 Å². The number of hydrogen-bond donors (Lipinski definition) is 1. The molecule has 1 N–H and O–H groups in total. The lowest BCUT2D eigenvalue weighted by Crippen LogP contribution is -2.32. The number of H-pyrrole nitrogens is 1. The second-order valence-corrected chi connectivity index (χ2v) is 8.18. The van der Waals surface area contributed by atoms with Gasteiger partial charge in [0, 0.05) is 66.0 Å². The maximum atomic E-state index is 13.4. The number of fused-ring (bicyclic) bond motifs is 1. The van der Waals surface area contributed by atoms with E-state index in [1.165, 1.54) is 12.1 Å². The first-order chi connectivity index (χ1) is 13.7. The van der Waals surface area contributed by atoms with Crippen LogP contribution in [0.2, 0.25) is 0 Å². The number of anilines is 1. The van der Waals surface area contributed by atoms with Crippen molar-refractivity contribution in [2.75, 3.05) is 36.0 Å². The second-order valence-electron chi connectivity index (χ2n) is 6.96. The molecule has 4 nitrogen and oxygen atoms in total. The van der Waals surface area contributed by atoms with Crippen molar-refractivity contribution in [2.24, 2.45) is 0 Å². The van der Waals surface area contributed by atoms with Crippen LogP contribution in [0.5, 0.6) is 0 Å². The highest BCUT2D eigenvalue weighted by molar-refractivity contribution is 7.99. The predicted molar refractivity (Wildman–Crippen MR) is 115 cm³/mol. The van der Waals surface area contributed by atoms with Crippen LogP contribution in [0.25, 0.3) is 10.9 Å². The van der Waals surface area contributed by atoms with Crippen LogP contribution in [0.15, 0.2) is 48.7 Å². The average molecular weight is 398 g/mol. The van der Waals surface area contributed by atoms with Gasteiger partial charge in [0.25, 0.3) is 5.91 Å². The highest BCUT2D eigenvalue weighted by Crippen LogP contribution is 2.27. The lowest BCUT2D eigenvalue weighted by molar-refractivity contribution is 0.0990. The number of nitrogens with zero attached hydrogens (tertiary/aromatic N) is 2. The van der Waals surface area contributed by atoms with Gasteiger partial charge in [-0.3, -0.25) is 9.69 Å². The molecule has 2 aromatic carbocycles. The molecule has 1 amide bonds. The molecule has 1 saturated heterocycles. The summed E-state index contributed by atoms with van der Waals surface area (Å²) in [6, 6.07) is 11.9. The van der Waals surface area contributed by atoms with E-state index in [4.69, 9.17) is 0 Å². The Kier molecular flexibility index (Phi) is 5.69. The molecule has 2 heterocycles. The van der Waals surface area contributed by atoms with Gasteiger partial charge in [0.2, 0.25) is 0 Å². The fourth-order valence-corrected chi connectivity index (χ4v) is 4.75. The third-order valence-electron chi connectivity index (χ3n) is 5.22. The van der Waals surface area contributed by atoms with Crippen molar-refractivity contribution in [3.63, 3.8) is 0 Å². The van der Waals surface area contributed by atoms with Gasteiger partial charge in [-0.15, -0.1) is 0 Å². The molecule has 3 aromatic rings. The fourth-order valence-electron chi connectivity index (χ4n) is 3.77. The van der Waals surface area contributed by atoms with E-state index in [0.29, 0.717) is 17.8 Å². The number of rotatable bonds is 5. The van der Waals surface area contributed by atoms with E-state index in [1.807, 2.05) is 43.1 Å². The lowest BCUT2D eigenvalue weighted by atomic mass is 10.0. The number of benzene rings is 2. The highest BCUT2D eigenvalue weighted by Gasteiger charge is 2.22. The molecular weight excluding hydrogens is 373 g/mol. The van der Waals surface area contributed by atoms with Crippen molar-refractivity contribution in [3.05, 3.63) is 65.6 Å². The Labute approximate surface area is 168 Å². The summed E-state index contributed by atoms with van der Waals surface area (Å²) < 4.78 is 13.3. The quantitative estimate of drug-likeness (QED) is 0.688. The van der Waals surface area contributed by atoms with Crippen LogP contribution in [0, 0.1) is 5.82 Å². The van der Waals surface area contributed by atoms with Crippen LogP contribution in [0.1, 0.15) is 22.8 Å². The van der Waals surface area contributed by atoms with E-state index in [-0.39, 0.29) is 11.7 Å². The Morgan fingerprint density at radius 1 is 1.18 bits per heavy atom. The maximum absolute atomic E-state index is 13.4. The van der Waals surface area contributed by atoms with Gasteiger partial charge in [0.05, 0.1) is 0 Å². The van der Waals surface area contributed by atoms with Gasteiger partial charge in [-0.05, 0) is 48.9 Å². The van der Waals surface area contributed by atoms with Crippen LogP contribution < -0.4 is 4.90 Å². The molecule has 0 atom stereocenters. The summed E-state index contributed by atoms with van der Waals surface area (Å²) in [5, 5.41) is 0.992. The number of thioether (sulfide) groups is 1. The monoisotopic (exact) mass is 397 g/mol. The largest absolute Gasteiger partial charge is 0.361 e. The number of amides is 1. The minimum absolute atomic E-state index is 0.0604. The van der Waals surface area contributed by atoms with Crippen molar-refractivity contribution in [1.29, 1.82) is 0 Å². The molecule has 1 aromatic heterocycles. The summed E-state index contributed by atoms with van der Waals surface area (Å²) in [5.74, 6) is 1.95. The Bertz CT molecular complexity index is 964. The van der Waals surface area contributed by atoms with E-state index in [0.717, 1.165) is 47.6 Å². The zero-order chi connectivity index (χ0) is 19.5. The molecular formula is C22H24FN3OS. The van der Waals surface area contributed by atoms with Gasteiger partial charge < -0.3 is 9.88 Å². The van der Waals surface area contributed by atoms with Gasteiger partial charge in [-0.2, -0.15) is 11.8 Å². The molecule has 0 radical (unpaired) electrons. The molecule has 1 aliphatic heterocycles. The number of nitrogens with one attached hydrogen (secondary N) is 1. The molecule has 4 rings (SSSR count). The first kappa shape index (κ1) is 19.0. The van der Waals surface area contributed by atoms with Crippen LogP contribution >= 0.6 is 11.8 Å². The smallest absolute Gasteiger partial charge is 0.258 e. The van der Waals surface area contributed by atoms with Crippen molar-refractivity contribution in [1.82, 2.24) is 9.88 Å². The van der Waals surface area contributed by atoms with E-state index in [2.05, 4.69) is 9.88 Å².